The molecular weight excluding hydrogens is 250 g/mol. The molecule has 0 aromatic heterocycles. The Hall–Kier alpha value is -1.71. The van der Waals surface area contributed by atoms with E-state index in [1.54, 1.807) is 18.2 Å². The summed E-state index contributed by atoms with van der Waals surface area (Å²) in [7, 11) is 0. The van der Waals surface area contributed by atoms with Crippen LogP contribution in [0, 0.1) is 0 Å². The Morgan fingerprint density at radius 1 is 1.11 bits per heavy atom. The van der Waals surface area contributed by atoms with Crippen LogP contribution in [0.3, 0.4) is 0 Å². The summed E-state index contributed by atoms with van der Waals surface area (Å²) in [5.41, 5.74) is 7.31. The second-order valence-corrected chi connectivity index (χ2v) is 4.28. The van der Waals surface area contributed by atoms with Crippen molar-refractivity contribution in [1.29, 1.82) is 0 Å². The molecule has 0 aliphatic carbocycles. The van der Waals surface area contributed by atoms with Crippen molar-refractivity contribution in [3.8, 4) is 11.5 Å². The topological polar surface area (TPSA) is 55.5 Å². The van der Waals surface area contributed by atoms with Gasteiger partial charge in [-0.1, -0.05) is 29.8 Å². The number of anilines is 1. The molecule has 0 bridgehead atoms. The van der Waals surface area contributed by atoms with E-state index in [-0.39, 0.29) is 6.61 Å². The molecule has 2 aromatic rings. The number of hydrogen-bond donors (Lipinski definition) is 2. The minimum absolute atomic E-state index is 0.140. The molecule has 3 nitrogen and oxygen atoms in total. The van der Waals surface area contributed by atoms with Crippen molar-refractivity contribution >= 4 is 17.3 Å². The molecule has 2 rings (SSSR count). The molecule has 0 radical (unpaired) electrons. The fourth-order valence-electron chi connectivity index (χ4n) is 1.59. The van der Waals surface area contributed by atoms with Gasteiger partial charge in [-0.3, -0.25) is 0 Å². The van der Waals surface area contributed by atoms with Gasteiger partial charge in [0, 0.05) is 6.61 Å². The van der Waals surface area contributed by atoms with Crippen molar-refractivity contribution in [2.75, 3.05) is 12.3 Å². The molecule has 0 fully saturated rings. The van der Waals surface area contributed by atoms with Gasteiger partial charge in [0.1, 0.15) is 5.75 Å². The lowest BCUT2D eigenvalue weighted by Crippen LogP contribution is -1.94. The van der Waals surface area contributed by atoms with Crippen molar-refractivity contribution in [3.63, 3.8) is 0 Å². The molecule has 0 saturated heterocycles. The Kier molecular flexibility index (Phi) is 4.07. The minimum Gasteiger partial charge on any atom is -0.455 e. The van der Waals surface area contributed by atoms with Crippen LogP contribution in [0.1, 0.15) is 5.56 Å². The number of para-hydroxylation sites is 1. The summed E-state index contributed by atoms with van der Waals surface area (Å²) >= 11 is 5.91. The molecule has 0 atom stereocenters. The highest BCUT2D eigenvalue weighted by molar-refractivity contribution is 6.33. The van der Waals surface area contributed by atoms with Crippen molar-refractivity contribution in [3.05, 3.63) is 53.1 Å². The fourth-order valence-corrected chi connectivity index (χ4v) is 1.75. The predicted molar refractivity (Wildman–Crippen MR) is 73.2 cm³/mol. The van der Waals surface area contributed by atoms with Crippen LogP contribution < -0.4 is 10.5 Å². The lowest BCUT2D eigenvalue weighted by molar-refractivity contribution is 0.299. The van der Waals surface area contributed by atoms with Gasteiger partial charge in [0.15, 0.2) is 5.75 Å². The number of hydrogen-bond acceptors (Lipinski definition) is 3. The zero-order chi connectivity index (χ0) is 13.0. The highest BCUT2D eigenvalue weighted by Crippen LogP contribution is 2.32. The minimum atomic E-state index is 0.140. The molecule has 0 heterocycles. The summed E-state index contributed by atoms with van der Waals surface area (Å²) in [4.78, 5) is 0. The van der Waals surface area contributed by atoms with Crippen LogP contribution >= 0.6 is 11.6 Å². The maximum atomic E-state index is 8.83. The Morgan fingerprint density at radius 2 is 1.83 bits per heavy atom. The summed E-state index contributed by atoms with van der Waals surface area (Å²) in [5, 5.41) is 9.30. The van der Waals surface area contributed by atoms with Crippen LogP contribution in [0.4, 0.5) is 5.69 Å². The van der Waals surface area contributed by atoms with E-state index in [1.807, 2.05) is 24.3 Å². The van der Waals surface area contributed by atoms with Crippen molar-refractivity contribution < 1.29 is 9.84 Å². The number of halogens is 1. The van der Waals surface area contributed by atoms with Gasteiger partial charge in [-0.15, -0.1) is 0 Å². The van der Waals surface area contributed by atoms with Gasteiger partial charge in [-0.25, -0.2) is 0 Å². The van der Waals surface area contributed by atoms with E-state index in [1.165, 1.54) is 0 Å². The summed E-state index contributed by atoms with van der Waals surface area (Å²) in [6.45, 7) is 0.140. The largest absolute Gasteiger partial charge is 0.455 e. The highest BCUT2D eigenvalue weighted by atomic mass is 35.5. The predicted octanol–water partition coefficient (Wildman–Crippen LogP) is 3.25. The highest BCUT2D eigenvalue weighted by Gasteiger charge is 2.05. The number of nitrogens with two attached hydrogens (primary N) is 1. The van der Waals surface area contributed by atoms with Crippen LogP contribution in [0.15, 0.2) is 42.5 Å². The number of aliphatic hydroxyl groups excluding tert-OH is 1. The zero-order valence-corrected chi connectivity index (χ0v) is 10.5. The molecule has 2 aromatic carbocycles. The molecule has 0 aliphatic heterocycles. The first-order valence-electron chi connectivity index (χ1n) is 5.62. The molecule has 4 heteroatoms. The van der Waals surface area contributed by atoms with Gasteiger partial charge in [0.05, 0.1) is 10.7 Å². The molecule has 94 valence electrons. The van der Waals surface area contributed by atoms with Crippen LogP contribution in [0.5, 0.6) is 11.5 Å². The van der Waals surface area contributed by atoms with Crippen LogP contribution in [0.2, 0.25) is 5.02 Å². The van der Waals surface area contributed by atoms with Gasteiger partial charge >= 0.3 is 0 Å². The van der Waals surface area contributed by atoms with Crippen molar-refractivity contribution in [2.24, 2.45) is 0 Å². The monoisotopic (exact) mass is 263 g/mol. The average Bonchev–Trinajstić information content (AvgIpc) is 2.38. The maximum absolute atomic E-state index is 8.83. The van der Waals surface area contributed by atoms with Crippen LogP contribution in [-0.4, -0.2) is 11.7 Å². The zero-order valence-electron chi connectivity index (χ0n) is 9.77. The Morgan fingerprint density at radius 3 is 2.50 bits per heavy atom. The van der Waals surface area contributed by atoms with Crippen LogP contribution in [-0.2, 0) is 6.42 Å². The standard InChI is InChI=1S/C14H14ClNO2/c15-12-2-1-3-13(14(12)16)18-11-6-4-10(5-7-11)8-9-17/h1-7,17H,8-9,16H2. The average molecular weight is 264 g/mol. The third-order valence-electron chi connectivity index (χ3n) is 2.56. The first-order chi connectivity index (χ1) is 8.70. The summed E-state index contributed by atoms with van der Waals surface area (Å²) in [6.07, 6.45) is 0.638. The smallest absolute Gasteiger partial charge is 0.151 e. The number of aliphatic hydroxyl groups is 1. The Bertz CT molecular complexity index is 526. The van der Waals surface area contributed by atoms with E-state index >= 15 is 0 Å². The summed E-state index contributed by atoms with van der Waals surface area (Å²) < 4.78 is 5.65. The molecule has 0 spiro atoms. The molecule has 0 amide bonds. The second-order valence-electron chi connectivity index (χ2n) is 3.87. The van der Waals surface area contributed by atoms with E-state index < -0.39 is 0 Å². The third kappa shape index (κ3) is 2.94. The first-order valence-corrected chi connectivity index (χ1v) is 6.00. The van der Waals surface area contributed by atoms with Gasteiger partial charge in [-0.05, 0) is 36.2 Å². The number of ether oxygens (including phenoxy) is 1. The second kappa shape index (κ2) is 5.76. The molecule has 0 aliphatic rings. The van der Waals surface area contributed by atoms with E-state index in [4.69, 9.17) is 27.2 Å². The number of nitrogen functional groups attached to an aromatic ring is 1. The molecular formula is C14H14ClNO2. The van der Waals surface area contributed by atoms with E-state index in [0.29, 0.717) is 28.6 Å². The fraction of sp³-hybridized carbons (Fsp3) is 0.143. The molecule has 18 heavy (non-hydrogen) atoms. The SMILES string of the molecule is Nc1c(Cl)cccc1Oc1ccc(CCO)cc1. The normalized spacial score (nSPS) is 10.3. The number of rotatable bonds is 4. The lowest BCUT2D eigenvalue weighted by atomic mass is 10.1. The third-order valence-corrected chi connectivity index (χ3v) is 2.89. The Labute approximate surface area is 111 Å². The molecule has 3 N–H and O–H groups in total. The molecule has 0 unspecified atom stereocenters. The number of benzene rings is 2. The maximum Gasteiger partial charge on any atom is 0.151 e. The van der Waals surface area contributed by atoms with Gasteiger partial charge in [0.2, 0.25) is 0 Å². The van der Waals surface area contributed by atoms with Gasteiger partial charge < -0.3 is 15.6 Å². The van der Waals surface area contributed by atoms with E-state index in [9.17, 15) is 0 Å². The summed E-state index contributed by atoms with van der Waals surface area (Å²) in [5.74, 6) is 1.23. The van der Waals surface area contributed by atoms with E-state index in [2.05, 4.69) is 0 Å². The van der Waals surface area contributed by atoms with E-state index in [0.717, 1.165) is 5.56 Å². The summed E-state index contributed by atoms with van der Waals surface area (Å²) in [6, 6.07) is 12.8. The van der Waals surface area contributed by atoms with Crippen molar-refractivity contribution in [1.82, 2.24) is 0 Å². The van der Waals surface area contributed by atoms with Crippen LogP contribution in [0.25, 0.3) is 0 Å². The quantitative estimate of drug-likeness (QED) is 0.833. The first kappa shape index (κ1) is 12.7. The lowest BCUT2D eigenvalue weighted by Gasteiger charge is -2.09. The van der Waals surface area contributed by atoms with Crippen molar-refractivity contribution in [2.45, 2.75) is 6.42 Å². The van der Waals surface area contributed by atoms with Gasteiger partial charge in [0.25, 0.3) is 0 Å². The van der Waals surface area contributed by atoms with Gasteiger partial charge in [-0.2, -0.15) is 0 Å². The Balaban J connectivity index is 2.16. The molecule has 0 saturated carbocycles.